The fourth-order valence-corrected chi connectivity index (χ4v) is 3.84. The molecule has 128 valence electrons. The number of fused-ring (bicyclic) bond motifs is 2. The predicted molar refractivity (Wildman–Crippen MR) is 101 cm³/mol. The van der Waals surface area contributed by atoms with Crippen molar-refractivity contribution in [3.63, 3.8) is 0 Å². The van der Waals surface area contributed by atoms with E-state index in [1.807, 2.05) is 84.2 Å². The molecule has 0 bridgehead atoms. The summed E-state index contributed by atoms with van der Waals surface area (Å²) in [5.74, 6) is 0.791. The highest BCUT2D eigenvalue weighted by atomic mass is 15.6. The second-order valence-corrected chi connectivity index (χ2v) is 6.71. The quantitative estimate of drug-likeness (QED) is 0.677. The topological polar surface area (TPSA) is 58.1 Å². The molecule has 6 nitrogen and oxygen atoms in total. The van der Waals surface area contributed by atoms with Crippen LogP contribution in [-0.4, -0.2) is 15.5 Å². The number of nitrogens with zero attached hydrogens (tertiary/aromatic N) is 6. The van der Waals surface area contributed by atoms with Crippen molar-refractivity contribution in [3.8, 4) is 5.69 Å². The van der Waals surface area contributed by atoms with Crippen LogP contribution in [-0.2, 0) is 5.66 Å². The van der Waals surface area contributed by atoms with Crippen molar-refractivity contribution in [1.29, 1.82) is 0 Å². The lowest BCUT2D eigenvalue weighted by Gasteiger charge is -2.30. The number of anilines is 1. The zero-order valence-corrected chi connectivity index (χ0v) is 14.7. The SMILES string of the molecule is CC1=NN(c2ccccc2)C2(C1)N=Nc1c2c(C)nn1-c1ccccc1. The minimum absolute atomic E-state index is 0.641. The average molecular weight is 342 g/mol. The second-order valence-electron chi connectivity index (χ2n) is 6.71. The molecule has 26 heavy (non-hydrogen) atoms. The third kappa shape index (κ3) is 1.98. The lowest BCUT2D eigenvalue weighted by molar-refractivity contribution is 0.461. The van der Waals surface area contributed by atoms with Gasteiger partial charge in [-0.3, -0.25) is 0 Å². The molecule has 3 aromatic rings. The van der Waals surface area contributed by atoms with Gasteiger partial charge >= 0.3 is 0 Å². The van der Waals surface area contributed by atoms with Gasteiger partial charge in [0.1, 0.15) is 0 Å². The molecule has 1 spiro atoms. The summed E-state index contributed by atoms with van der Waals surface area (Å²) < 4.78 is 1.87. The number of hydrazone groups is 1. The first-order chi connectivity index (χ1) is 12.7. The Hall–Kier alpha value is -3.28. The molecule has 2 aliphatic heterocycles. The smallest absolute Gasteiger partial charge is 0.209 e. The van der Waals surface area contributed by atoms with E-state index in [2.05, 4.69) is 5.11 Å². The van der Waals surface area contributed by atoms with Gasteiger partial charge in [0.2, 0.25) is 5.66 Å². The monoisotopic (exact) mass is 342 g/mol. The minimum Gasteiger partial charge on any atom is -0.231 e. The molecule has 1 aromatic heterocycles. The van der Waals surface area contributed by atoms with Crippen LogP contribution in [0.3, 0.4) is 0 Å². The highest BCUT2D eigenvalue weighted by Gasteiger charge is 2.51. The zero-order valence-electron chi connectivity index (χ0n) is 14.7. The Morgan fingerprint density at radius 3 is 2.23 bits per heavy atom. The van der Waals surface area contributed by atoms with E-state index in [0.29, 0.717) is 6.42 Å². The number of benzene rings is 2. The lowest BCUT2D eigenvalue weighted by atomic mass is 9.95. The van der Waals surface area contributed by atoms with E-state index in [-0.39, 0.29) is 0 Å². The molecule has 2 aromatic carbocycles. The van der Waals surface area contributed by atoms with Crippen LogP contribution in [0.1, 0.15) is 24.6 Å². The fourth-order valence-electron chi connectivity index (χ4n) is 3.84. The van der Waals surface area contributed by atoms with Gasteiger partial charge in [0.15, 0.2) is 5.82 Å². The number of para-hydroxylation sites is 2. The van der Waals surface area contributed by atoms with Gasteiger partial charge in [-0.05, 0) is 38.1 Å². The van der Waals surface area contributed by atoms with Gasteiger partial charge in [-0.15, -0.1) is 5.11 Å². The zero-order chi connectivity index (χ0) is 17.7. The first-order valence-electron chi connectivity index (χ1n) is 8.67. The predicted octanol–water partition coefficient (Wildman–Crippen LogP) is 4.72. The molecule has 1 unspecified atom stereocenters. The van der Waals surface area contributed by atoms with Gasteiger partial charge in [-0.2, -0.15) is 15.3 Å². The van der Waals surface area contributed by atoms with Crippen LogP contribution in [0.4, 0.5) is 11.5 Å². The third-order valence-electron chi connectivity index (χ3n) is 4.87. The molecule has 1 atom stereocenters. The van der Waals surface area contributed by atoms with E-state index in [1.165, 1.54) is 0 Å². The molecule has 5 rings (SSSR count). The van der Waals surface area contributed by atoms with Gasteiger partial charge in [-0.25, -0.2) is 9.69 Å². The third-order valence-corrected chi connectivity index (χ3v) is 4.87. The average Bonchev–Trinajstić information content (AvgIpc) is 3.32. The summed E-state index contributed by atoms with van der Waals surface area (Å²) in [5.41, 5.74) is 4.34. The summed E-state index contributed by atoms with van der Waals surface area (Å²) in [6, 6.07) is 20.2. The van der Waals surface area contributed by atoms with Crippen LogP contribution in [0, 0.1) is 6.92 Å². The first kappa shape index (κ1) is 15.0. The maximum absolute atomic E-state index is 4.78. The summed E-state index contributed by atoms with van der Waals surface area (Å²) in [4.78, 5) is 0. The number of azo groups is 1. The first-order valence-corrected chi connectivity index (χ1v) is 8.67. The minimum atomic E-state index is -0.641. The maximum Gasteiger partial charge on any atom is 0.209 e. The van der Waals surface area contributed by atoms with Gasteiger partial charge in [0, 0.05) is 12.1 Å². The standard InChI is InChI=1S/C20H18N6/c1-14-13-20(26(22-14)17-11-7-4-8-12-17)18-15(2)23-25(19(18)21-24-20)16-9-5-3-6-10-16/h3-12H,13H2,1-2H3. The molecule has 0 fully saturated rings. The molecule has 2 aliphatic rings. The summed E-state index contributed by atoms with van der Waals surface area (Å²) in [5, 5.41) is 20.8. The van der Waals surface area contributed by atoms with E-state index in [9.17, 15) is 0 Å². The summed E-state index contributed by atoms with van der Waals surface area (Å²) in [6.07, 6.45) is 0.708. The molecule has 0 saturated heterocycles. The summed E-state index contributed by atoms with van der Waals surface area (Å²) >= 11 is 0. The van der Waals surface area contributed by atoms with Crippen LogP contribution in [0.15, 0.2) is 76.0 Å². The van der Waals surface area contributed by atoms with Crippen molar-refractivity contribution in [2.24, 2.45) is 15.3 Å². The van der Waals surface area contributed by atoms with Crippen molar-refractivity contribution in [2.45, 2.75) is 25.9 Å². The normalized spacial score (nSPS) is 20.7. The second kappa shape index (κ2) is 5.36. The lowest BCUT2D eigenvalue weighted by Crippen LogP contribution is -2.37. The van der Waals surface area contributed by atoms with Crippen LogP contribution in [0.25, 0.3) is 5.69 Å². The van der Waals surface area contributed by atoms with Gasteiger partial charge in [-0.1, -0.05) is 36.4 Å². The van der Waals surface area contributed by atoms with Crippen molar-refractivity contribution in [3.05, 3.63) is 71.9 Å². The summed E-state index contributed by atoms with van der Waals surface area (Å²) in [7, 11) is 0. The Morgan fingerprint density at radius 2 is 1.54 bits per heavy atom. The Bertz CT molecular complexity index is 1030. The molecule has 3 heterocycles. The van der Waals surface area contributed by atoms with E-state index in [4.69, 9.17) is 15.3 Å². The van der Waals surface area contributed by atoms with Crippen molar-refractivity contribution < 1.29 is 0 Å². The van der Waals surface area contributed by atoms with Crippen LogP contribution in [0.2, 0.25) is 0 Å². The van der Waals surface area contributed by atoms with Crippen molar-refractivity contribution >= 4 is 17.2 Å². The largest absolute Gasteiger partial charge is 0.231 e. The Labute approximate surface area is 151 Å². The summed E-state index contributed by atoms with van der Waals surface area (Å²) in [6.45, 7) is 4.06. The molecule has 0 aliphatic carbocycles. The van der Waals surface area contributed by atoms with E-state index >= 15 is 0 Å². The van der Waals surface area contributed by atoms with Crippen LogP contribution in [0.5, 0.6) is 0 Å². The molecule has 0 N–H and O–H groups in total. The molecule has 6 heteroatoms. The number of aryl methyl sites for hydroxylation is 1. The number of hydrogen-bond donors (Lipinski definition) is 0. The van der Waals surface area contributed by atoms with Gasteiger partial charge in [0.25, 0.3) is 0 Å². The van der Waals surface area contributed by atoms with Crippen molar-refractivity contribution in [1.82, 2.24) is 9.78 Å². The molecule has 0 saturated carbocycles. The molecular formula is C20H18N6. The van der Waals surface area contributed by atoms with Crippen molar-refractivity contribution in [2.75, 3.05) is 5.01 Å². The van der Waals surface area contributed by atoms with E-state index in [1.54, 1.807) is 0 Å². The Kier molecular flexibility index (Phi) is 3.09. The van der Waals surface area contributed by atoms with Crippen LogP contribution >= 0.6 is 0 Å². The Balaban J connectivity index is 1.69. The van der Waals surface area contributed by atoms with Crippen LogP contribution < -0.4 is 5.01 Å². The van der Waals surface area contributed by atoms with E-state index in [0.717, 1.165) is 34.2 Å². The molecule has 0 radical (unpaired) electrons. The molecule has 0 amide bonds. The Morgan fingerprint density at radius 1 is 0.885 bits per heavy atom. The fraction of sp³-hybridized carbons (Fsp3) is 0.200. The number of rotatable bonds is 2. The van der Waals surface area contributed by atoms with E-state index < -0.39 is 5.66 Å². The highest BCUT2D eigenvalue weighted by Crippen LogP contribution is 2.51. The number of hydrogen-bond acceptors (Lipinski definition) is 5. The highest BCUT2D eigenvalue weighted by molar-refractivity contribution is 5.88. The van der Waals surface area contributed by atoms with Gasteiger partial charge < -0.3 is 0 Å². The maximum atomic E-state index is 4.78. The van der Waals surface area contributed by atoms with Gasteiger partial charge in [0.05, 0.1) is 22.6 Å². The number of aromatic nitrogens is 2. The molecular weight excluding hydrogens is 324 g/mol.